The number of hydrogen-bond acceptors (Lipinski definition) is 3. The summed E-state index contributed by atoms with van der Waals surface area (Å²) in [5, 5.41) is 4.20. The molecule has 0 amide bonds. The first-order valence-corrected chi connectivity index (χ1v) is 5.59. The predicted octanol–water partition coefficient (Wildman–Crippen LogP) is 3.84. The molecule has 0 atom stereocenters. The molecule has 0 radical (unpaired) electrons. The van der Waals surface area contributed by atoms with Crippen molar-refractivity contribution in [3.63, 3.8) is 0 Å². The van der Waals surface area contributed by atoms with Crippen molar-refractivity contribution in [1.29, 1.82) is 0 Å². The highest BCUT2D eigenvalue weighted by Crippen LogP contribution is 2.37. The summed E-state index contributed by atoms with van der Waals surface area (Å²) in [5.41, 5.74) is 7.73. The molecule has 2 aromatic rings. The summed E-state index contributed by atoms with van der Waals surface area (Å²) >= 11 is 6.00. The van der Waals surface area contributed by atoms with Crippen molar-refractivity contribution in [2.75, 3.05) is 5.73 Å². The van der Waals surface area contributed by atoms with Crippen LogP contribution in [0, 0.1) is 5.82 Å². The second-order valence-electron chi connectivity index (χ2n) is 4.09. The molecular formula is C12H12ClFN2O. The zero-order valence-electron chi connectivity index (χ0n) is 9.50. The van der Waals surface area contributed by atoms with Gasteiger partial charge in [-0.15, -0.1) is 0 Å². The first-order valence-electron chi connectivity index (χ1n) is 5.21. The number of rotatable bonds is 2. The number of benzene rings is 1. The maximum absolute atomic E-state index is 13.0. The second kappa shape index (κ2) is 4.37. The van der Waals surface area contributed by atoms with E-state index in [0.29, 0.717) is 16.1 Å². The largest absolute Gasteiger partial charge is 0.367 e. The second-order valence-corrected chi connectivity index (χ2v) is 4.49. The summed E-state index contributed by atoms with van der Waals surface area (Å²) in [7, 11) is 0. The fourth-order valence-electron chi connectivity index (χ4n) is 1.67. The van der Waals surface area contributed by atoms with Crippen molar-refractivity contribution >= 4 is 17.5 Å². The predicted molar refractivity (Wildman–Crippen MR) is 65.4 cm³/mol. The molecule has 0 spiro atoms. The number of hydrogen-bond donors (Lipinski definition) is 1. The first kappa shape index (κ1) is 11.9. The Bertz CT molecular complexity index is 551. The monoisotopic (exact) mass is 254 g/mol. The molecule has 3 nitrogen and oxygen atoms in total. The zero-order valence-corrected chi connectivity index (χ0v) is 10.3. The van der Waals surface area contributed by atoms with Gasteiger partial charge in [0.05, 0.1) is 16.3 Å². The van der Waals surface area contributed by atoms with Gasteiger partial charge in [-0.25, -0.2) is 4.39 Å². The van der Waals surface area contributed by atoms with Crippen LogP contribution in [-0.2, 0) is 0 Å². The minimum absolute atomic E-state index is 0.146. The molecule has 0 saturated carbocycles. The van der Waals surface area contributed by atoms with E-state index in [0.717, 1.165) is 5.69 Å². The van der Waals surface area contributed by atoms with E-state index in [1.165, 1.54) is 12.1 Å². The molecule has 1 heterocycles. The minimum atomic E-state index is -0.389. The van der Waals surface area contributed by atoms with Crippen molar-refractivity contribution in [3.05, 3.63) is 34.7 Å². The SMILES string of the molecule is CC(C)c1noc(N)c1-c1ccc(F)cc1Cl. The van der Waals surface area contributed by atoms with Crippen molar-refractivity contribution < 1.29 is 8.91 Å². The lowest BCUT2D eigenvalue weighted by atomic mass is 9.99. The van der Waals surface area contributed by atoms with E-state index < -0.39 is 0 Å². The van der Waals surface area contributed by atoms with Crippen LogP contribution in [0.25, 0.3) is 11.1 Å². The molecule has 0 aliphatic carbocycles. The lowest BCUT2D eigenvalue weighted by molar-refractivity contribution is 0.424. The Labute approximate surface area is 103 Å². The molecule has 0 aliphatic rings. The third-order valence-corrected chi connectivity index (χ3v) is 2.80. The van der Waals surface area contributed by atoms with Crippen LogP contribution in [0.5, 0.6) is 0 Å². The normalized spacial score (nSPS) is 11.1. The maximum Gasteiger partial charge on any atom is 0.230 e. The quantitative estimate of drug-likeness (QED) is 0.886. The molecule has 1 aromatic heterocycles. The summed E-state index contributed by atoms with van der Waals surface area (Å²) in [6.07, 6.45) is 0. The van der Waals surface area contributed by atoms with Crippen LogP contribution in [0.15, 0.2) is 22.7 Å². The summed E-state index contributed by atoms with van der Waals surface area (Å²) in [5.74, 6) is -0.0470. The van der Waals surface area contributed by atoms with Gasteiger partial charge in [-0.2, -0.15) is 0 Å². The van der Waals surface area contributed by atoms with E-state index >= 15 is 0 Å². The molecular weight excluding hydrogens is 243 g/mol. The number of nitrogens with two attached hydrogens (primary N) is 1. The number of nitrogens with zero attached hydrogens (tertiary/aromatic N) is 1. The Morgan fingerprint density at radius 3 is 2.71 bits per heavy atom. The molecule has 2 rings (SSSR count). The average molecular weight is 255 g/mol. The van der Waals surface area contributed by atoms with Gasteiger partial charge in [0.15, 0.2) is 0 Å². The maximum atomic E-state index is 13.0. The molecule has 17 heavy (non-hydrogen) atoms. The topological polar surface area (TPSA) is 52.0 Å². The molecule has 0 unspecified atom stereocenters. The lowest BCUT2D eigenvalue weighted by Gasteiger charge is -2.06. The number of nitrogen functional groups attached to an aromatic ring is 1. The number of anilines is 1. The van der Waals surface area contributed by atoms with Crippen LogP contribution < -0.4 is 5.73 Å². The van der Waals surface area contributed by atoms with Crippen molar-refractivity contribution in [3.8, 4) is 11.1 Å². The molecule has 0 bridgehead atoms. The summed E-state index contributed by atoms with van der Waals surface area (Å²) in [6.45, 7) is 3.94. The van der Waals surface area contributed by atoms with Crippen molar-refractivity contribution in [1.82, 2.24) is 5.16 Å². The summed E-state index contributed by atoms with van der Waals surface area (Å²) < 4.78 is 18.0. The van der Waals surface area contributed by atoms with E-state index in [2.05, 4.69) is 5.16 Å². The molecule has 0 fully saturated rings. The van der Waals surface area contributed by atoms with E-state index in [1.807, 2.05) is 13.8 Å². The Morgan fingerprint density at radius 2 is 2.12 bits per heavy atom. The Balaban J connectivity index is 2.63. The van der Waals surface area contributed by atoms with Gasteiger partial charge in [-0.05, 0) is 24.1 Å². The highest BCUT2D eigenvalue weighted by Gasteiger charge is 2.20. The Hall–Kier alpha value is -1.55. The third-order valence-electron chi connectivity index (χ3n) is 2.49. The van der Waals surface area contributed by atoms with E-state index in [4.69, 9.17) is 21.9 Å². The highest BCUT2D eigenvalue weighted by molar-refractivity contribution is 6.33. The summed E-state index contributed by atoms with van der Waals surface area (Å²) in [6, 6.07) is 4.15. The number of halogens is 2. The zero-order chi connectivity index (χ0) is 12.6. The molecule has 0 saturated heterocycles. The van der Waals surface area contributed by atoms with Crippen molar-refractivity contribution in [2.45, 2.75) is 19.8 Å². The molecule has 1 aromatic carbocycles. The number of aromatic nitrogens is 1. The third kappa shape index (κ3) is 2.13. The molecule has 0 aliphatic heterocycles. The van der Waals surface area contributed by atoms with Crippen LogP contribution in [0.2, 0.25) is 5.02 Å². The standard InChI is InChI=1S/C12H12ClFN2O/c1-6(2)11-10(12(15)17-16-11)8-4-3-7(14)5-9(8)13/h3-6H,15H2,1-2H3. The minimum Gasteiger partial charge on any atom is -0.367 e. The van der Waals surface area contributed by atoms with Gasteiger partial charge < -0.3 is 10.3 Å². The van der Waals surface area contributed by atoms with Crippen LogP contribution >= 0.6 is 11.6 Å². The summed E-state index contributed by atoms with van der Waals surface area (Å²) in [4.78, 5) is 0. The lowest BCUT2D eigenvalue weighted by Crippen LogP contribution is -1.94. The Morgan fingerprint density at radius 1 is 1.41 bits per heavy atom. The van der Waals surface area contributed by atoms with Gasteiger partial charge in [-0.1, -0.05) is 30.6 Å². The first-order chi connectivity index (χ1) is 8.00. The van der Waals surface area contributed by atoms with Crippen LogP contribution in [0.4, 0.5) is 10.3 Å². The molecule has 2 N–H and O–H groups in total. The van der Waals surface area contributed by atoms with Crippen LogP contribution in [-0.4, -0.2) is 5.16 Å². The van der Waals surface area contributed by atoms with Crippen molar-refractivity contribution in [2.24, 2.45) is 0 Å². The van der Waals surface area contributed by atoms with Gasteiger partial charge in [-0.3, -0.25) is 0 Å². The van der Waals surface area contributed by atoms with Gasteiger partial charge in [0.2, 0.25) is 5.88 Å². The van der Waals surface area contributed by atoms with Gasteiger partial charge >= 0.3 is 0 Å². The fraction of sp³-hybridized carbons (Fsp3) is 0.250. The van der Waals surface area contributed by atoms with Crippen LogP contribution in [0.1, 0.15) is 25.5 Å². The van der Waals surface area contributed by atoms with E-state index in [1.54, 1.807) is 6.07 Å². The van der Waals surface area contributed by atoms with E-state index in [9.17, 15) is 4.39 Å². The Kier molecular flexibility index (Phi) is 3.07. The smallest absolute Gasteiger partial charge is 0.230 e. The van der Waals surface area contributed by atoms with Gasteiger partial charge in [0.25, 0.3) is 0 Å². The van der Waals surface area contributed by atoms with Gasteiger partial charge in [0.1, 0.15) is 5.82 Å². The molecule has 5 heteroatoms. The van der Waals surface area contributed by atoms with Crippen LogP contribution in [0.3, 0.4) is 0 Å². The highest BCUT2D eigenvalue weighted by atomic mass is 35.5. The average Bonchev–Trinajstić information content (AvgIpc) is 2.60. The van der Waals surface area contributed by atoms with E-state index in [-0.39, 0.29) is 17.6 Å². The van der Waals surface area contributed by atoms with Gasteiger partial charge in [0, 0.05) is 5.56 Å². The molecule has 90 valence electrons. The fourth-order valence-corrected chi connectivity index (χ4v) is 1.93.